The van der Waals surface area contributed by atoms with Crippen LogP contribution >= 0.6 is 11.6 Å². The summed E-state index contributed by atoms with van der Waals surface area (Å²) in [5.74, 6) is 0.0281. The normalized spacial score (nSPS) is 19.3. The van der Waals surface area contributed by atoms with Gasteiger partial charge in [-0.15, -0.1) is 0 Å². The number of phenolic OH excluding ortho intramolecular Hbond substituents is 1. The van der Waals surface area contributed by atoms with Gasteiger partial charge in [0.25, 0.3) is 5.91 Å². The van der Waals surface area contributed by atoms with Gasteiger partial charge in [0.2, 0.25) is 0 Å². The van der Waals surface area contributed by atoms with Gasteiger partial charge in [-0.3, -0.25) is 4.79 Å². The molecule has 0 aliphatic carbocycles. The molecule has 0 spiro atoms. The Kier molecular flexibility index (Phi) is 4.20. The summed E-state index contributed by atoms with van der Waals surface area (Å²) in [5.41, 5.74) is 0.452. The summed E-state index contributed by atoms with van der Waals surface area (Å²) in [4.78, 5) is 14.3. The first-order valence-corrected chi connectivity index (χ1v) is 6.80. The fourth-order valence-electron chi connectivity index (χ4n) is 2.42. The second kappa shape index (κ2) is 5.70. The van der Waals surface area contributed by atoms with E-state index in [4.69, 9.17) is 16.3 Å². The van der Waals surface area contributed by atoms with E-state index in [-0.39, 0.29) is 28.5 Å². The molecular weight excluding hydrogens is 266 g/mol. The molecule has 2 rings (SSSR count). The number of benzene rings is 1. The largest absolute Gasteiger partial charge is 0.503 e. The maximum absolute atomic E-state index is 12.5. The van der Waals surface area contributed by atoms with Crippen molar-refractivity contribution in [2.45, 2.75) is 32.2 Å². The Bertz CT molecular complexity index is 490. The zero-order chi connectivity index (χ0) is 14.0. The highest BCUT2D eigenvalue weighted by Crippen LogP contribution is 2.35. The van der Waals surface area contributed by atoms with Crippen LogP contribution < -0.4 is 4.74 Å². The Morgan fingerprint density at radius 3 is 2.84 bits per heavy atom. The topological polar surface area (TPSA) is 49.8 Å². The second-order valence-electron chi connectivity index (χ2n) is 4.85. The Morgan fingerprint density at radius 2 is 2.21 bits per heavy atom. The maximum Gasteiger partial charge on any atom is 0.254 e. The fraction of sp³-hybridized carbons (Fsp3) is 0.500. The zero-order valence-electron chi connectivity index (χ0n) is 11.1. The number of nitrogens with zero attached hydrogens (tertiary/aromatic N) is 1. The minimum absolute atomic E-state index is 0.0626. The number of phenols is 1. The number of aromatic hydroxyl groups is 1. The summed E-state index contributed by atoms with van der Waals surface area (Å²) in [6.07, 6.45) is 3.21. The number of halogens is 1. The first-order chi connectivity index (χ1) is 9.04. The van der Waals surface area contributed by atoms with Crippen molar-refractivity contribution in [3.63, 3.8) is 0 Å². The first-order valence-electron chi connectivity index (χ1n) is 6.42. The van der Waals surface area contributed by atoms with Crippen LogP contribution in [0.15, 0.2) is 12.1 Å². The average Bonchev–Trinajstić information content (AvgIpc) is 2.41. The van der Waals surface area contributed by atoms with Crippen molar-refractivity contribution in [3.05, 3.63) is 22.7 Å². The number of carbonyl (C=O) groups is 1. The van der Waals surface area contributed by atoms with Gasteiger partial charge in [-0.05, 0) is 38.3 Å². The number of piperidine rings is 1. The van der Waals surface area contributed by atoms with Crippen LogP contribution in [0.3, 0.4) is 0 Å². The zero-order valence-corrected chi connectivity index (χ0v) is 11.9. The van der Waals surface area contributed by atoms with Crippen LogP contribution in [0.4, 0.5) is 0 Å². The van der Waals surface area contributed by atoms with Gasteiger partial charge in [-0.1, -0.05) is 11.6 Å². The molecule has 1 aliphatic rings. The van der Waals surface area contributed by atoms with E-state index in [1.807, 2.05) is 4.90 Å². The third kappa shape index (κ3) is 2.78. The monoisotopic (exact) mass is 283 g/mol. The number of amides is 1. The van der Waals surface area contributed by atoms with Crippen LogP contribution in [-0.4, -0.2) is 35.6 Å². The summed E-state index contributed by atoms with van der Waals surface area (Å²) in [7, 11) is 1.43. The molecule has 1 heterocycles. The average molecular weight is 284 g/mol. The lowest BCUT2D eigenvalue weighted by Gasteiger charge is -2.33. The van der Waals surface area contributed by atoms with Crippen molar-refractivity contribution in [1.82, 2.24) is 4.90 Å². The third-order valence-corrected chi connectivity index (χ3v) is 3.85. The predicted octanol–water partition coefficient (Wildman–Crippen LogP) is 3.07. The smallest absolute Gasteiger partial charge is 0.254 e. The molecule has 4 nitrogen and oxygen atoms in total. The fourth-order valence-corrected chi connectivity index (χ4v) is 2.63. The summed E-state index contributed by atoms with van der Waals surface area (Å²) < 4.78 is 5.03. The lowest BCUT2D eigenvalue weighted by Crippen LogP contribution is -2.42. The van der Waals surface area contributed by atoms with Gasteiger partial charge in [0.05, 0.1) is 12.1 Å². The number of rotatable bonds is 2. The summed E-state index contributed by atoms with van der Waals surface area (Å²) in [6.45, 7) is 2.82. The molecule has 5 heteroatoms. The number of likely N-dealkylation sites (tertiary alicyclic amines) is 1. The van der Waals surface area contributed by atoms with E-state index in [0.717, 1.165) is 25.8 Å². The van der Waals surface area contributed by atoms with Gasteiger partial charge in [-0.2, -0.15) is 0 Å². The summed E-state index contributed by atoms with van der Waals surface area (Å²) in [5, 5.41) is 9.82. The van der Waals surface area contributed by atoms with Crippen molar-refractivity contribution in [2.75, 3.05) is 13.7 Å². The molecule has 0 aromatic heterocycles. The quantitative estimate of drug-likeness (QED) is 0.907. The molecule has 1 unspecified atom stereocenters. The molecule has 1 amide bonds. The number of hydrogen-bond donors (Lipinski definition) is 1. The first kappa shape index (κ1) is 14.0. The van der Waals surface area contributed by atoms with Gasteiger partial charge >= 0.3 is 0 Å². The van der Waals surface area contributed by atoms with E-state index in [9.17, 15) is 9.90 Å². The molecule has 1 fully saturated rings. The van der Waals surface area contributed by atoms with E-state index in [0.29, 0.717) is 5.56 Å². The number of ether oxygens (including phenoxy) is 1. The van der Waals surface area contributed by atoms with Crippen molar-refractivity contribution in [2.24, 2.45) is 0 Å². The highest BCUT2D eigenvalue weighted by Gasteiger charge is 2.25. The molecule has 0 saturated carbocycles. The minimum atomic E-state index is -0.132. The third-order valence-electron chi connectivity index (χ3n) is 3.56. The van der Waals surface area contributed by atoms with Crippen molar-refractivity contribution >= 4 is 17.5 Å². The second-order valence-corrected chi connectivity index (χ2v) is 5.26. The molecule has 19 heavy (non-hydrogen) atoms. The highest BCUT2D eigenvalue weighted by atomic mass is 35.5. The van der Waals surface area contributed by atoms with E-state index in [2.05, 4.69) is 6.92 Å². The summed E-state index contributed by atoms with van der Waals surface area (Å²) in [6, 6.07) is 3.26. The molecule has 104 valence electrons. The van der Waals surface area contributed by atoms with E-state index in [1.54, 1.807) is 0 Å². The van der Waals surface area contributed by atoms with Gasteiger partial charge in [0.15, 0.2) is 11.5 Å². The molecule has 1 saturated heterocycles. The van der Waals surface area contributed by atoms with Gasteiger partial charge in [0.1, 0.15) is 0 Å². The van der Waals surface area contributed by atoms with Crippen LogP contribution in [0, 0.1) is 0 Å². The van der Waals surface area contributed by atoms with Crippen LogP contribution in [0.25, 0.3) is 0 Å². The van der Waals surface area contributed by atoms with E-state index in [1.165, 1.54) is 19.2 Å². The Labute approximate surface area is 117 Å². The number of carbonyl (C=O) groups excluding carboxylic acids is 1. The molecule has 1 aromatic carbocycles. The molecule has 0 radical (unpaired) electrons. The Hall–Kier alpha value is -1.42. The van der Waals surface area contributed by atoms with Gasteiger partial charge < -0.3 is 14.7 Å². The molecule has 1 atom stereocenters. The van der Waals surface area contributed by atoms with Crippen LogP contribution in [0.1, 0.15) is 36.5 Å². The SMILES string of the molecule is COc1cc(C(=O)N2CCCCC2C)cc(Cl)c1O. The van der Waals surface area contributed by atoms with Crippen LogP contribution in [0.5, 0.6) is 11.5 Å². The van der Waals surface area contributed by atoms with E-state index < -0.39 is 0 Å². The van der Waals surface area contributed by atoms with Crippen LogP contribution in [-0.2, 0) is 0 Å². The molecule has 1 aromatic rings. The van der Waals surface area contributed by atoms with Crippen molar-refractivity contribution in [1.29, 1.82) is 0 Å². The summed E-state index contributed by atoms with van der Waals surface area (Å²) >= 11 is 5.92. The molecule has 1 aliphatic heterocycles. The van der Waals surface area contributed by atoms with E-state index >= 15 is 0 Å². The lowest BCUT2D eigenvalue weighted by molar-refractivity contribution is 0.0635. The Morgan fingerprint density at radius 1 is 1.47 bits per heavy atom. The molecular formula is C14H18ClNO3. The number of methoxy groups -OCH3 is 1. The lowest BCUT2D eigenvalue weighted by atomic mass is 10.0. The Balaban J connectivity index is 2.30. The highest BCUT2D eigenvalue weighted by molar-refractivity contribution is 6.32. The maximum atomic E-state index is 12.5. The molecule has 1 N–H and O–H groups in total. The number of hydrogen-bond acceptors (Lipinski definition) is 3. The van der Waals surface area contributed by atoms with Crippen molar-refractivity contribution < 1.29 is 14.6 Å². The van der Waals surface area contributed by atoms with Crippen LogP contribution in [0.2, 0.25) is 5.02 Å². The molecule has 0 bridgehead atoms. The standard InChI is InChI=1S/C14H18ClNO3/c1-9-5-3-4-6-16(9)14(18)10-7-11(15)13(17)12(8-10)19-2/h7-9,17H,3-6H2,1-2H3. The van der Waals surface area contributed by atoms with Crippen molar-refractivity contribution in [3.8, 4) is 11.5 Å². The predicted molar refractivity (Wildman–Crippen MR) is 74.0 cm³/mol. The van der Waals surface area contributed by atoms with Gasteiger partial charge in [-0.25, -0.2) is 0 Å². The van der Waals surface area contributed by atoms with Gasteiger partial charge in [0, 0.05) is 18.2 Å². The minimum Gasteiger partial charge on any atom is -0.503 e.